The zero-order chi connectivity index (χ0) is 13.0. The van der Waals surface area contributed by atoms with E-state index in [2.05, 4.69) is 10.1 Å². The molecule has 0 aliphatic rings. The number of nitrogens with zero attached hydrogens (tertiary/aromatic N) is 3. The predicted octanol–water partition coefficient (Wildman–Crippen LogP) is 1.51. The van der Waals surface area contributed by atoms with Crippen molar-refractivity contribution in [3.05, 3.63) is 42.0 Å². The fourth-order valence-electron chi connectivity index (χ4n) is 1.60. The van der Waals surface area contributed by atoms with Gasteiger partial charge in [0.15, 0.2) is 5.82 Å². The zero-order valence-corrected chi connectivity index (χ0v) is 10.9. The zero-order valence-electron chi connectivity index (χ0n) is 10.0. The molecule has 0 saturated carbocycles. The first-order chi connectivity index (χ1) is 8.72. The number of nitrogens with two attached hydrogens (primary N) is 1. The van der Waals surface area contributed by atoms with Crippen LogP contribution in [0.1, 0.15) is 18.3 Å². The van der Waals surface area contributed by atoms with E-state index >= 15 is 0 Å². The Morgan fingerprint density at radius 3 is 2.94 bits per heavy atom. The van der Waals surface area contributed by atoms with Crippen molar-refractivity contribution in [3.8, 4) is 5.75 Å². The van der Waals surface area contributed by atoms with Crippen LogP contribution in [0.25, 0.3) is 0 Å². The third-order valence-corrected chi connectivity index (χ3v) is 2.72. The Labute approximate surface area is 111 Å². The molecule has 1 heterocycles. The molecule has 0 aliphatic carbocycles. The SMILES string of the molecule is CCn1ncnc1COc1ccccc1C(N)=S. The molecule has 1 aromatic heterocycles. The Balaban J connectivity index is 2.13. The summed E-state index contributed by atoms with van der Waals surface area (Å²) in [7, 11) is 0. The van der Waals surface area contributed by atoms with Crippen LogP contribution in [0.4, 0.5) is 0 Å². The second-order valence-electron chi connectivity index (χ2n) is 3.64. The highest BCUT2D eigenvalue weighted by Gasteiger charge is 2.08. The van der Waals surface area contributed by atoms with Crippen LogP contribution in [0, 0.1) is 0 Å². The van der Waals surface area contributed by atoms with Gasteiger partial charge >= 0.3 is 0 Å². The molecule has 0 bridgehead atoms. The van der Waals surface area contributed by atoms with Crippen LogP contribution in [0.3, 0.4) is 0 Å². The highest BCUT2D eigenvalue weighted by atomic mass is 32.1. The Morgan fingerprint density at radius 2 is 2.22 bits per heavy atom. The molecule has 0 amide bonds. The third-order valence-electron chi connectivity index (χ3n) is 2.50. The summed E-state index contributed by atoms with van der Waals surface area (Å²) in [4.78, 5) is 4.46. The number of thiocarbonyl (C=S) groups is 1. The molecule has 6 heteroatoms. The van der Waals surface area contributed by atoms with E-state index in [4.69, 9.17) is 22.7 Å². The number of aryl methyl sites for hydroxylation is 1. The minimum Gasteiger partial charge on any atom is -0.485 e. The van der Waals surface area contributed by atoms with Crippen molar-refractivity contribution >= 4 is 17.2 Å². The van der Waals surface area contributed by atoms with E-state index in [0.29, 0.717) is 17.3 Å². The molecule has 5 nitrogen and oxygen atoms in total. The average Bonchev–Trinajstić information content (AvgIpc) is 2.84. The molecule has 0 radical (unpaired) electrons. The van der Waals surface area contributed by atoms with Gasteiger partial charge in [0, 0.05) is 6.54 Å². The summed E-state index contributed by atoms with van der Waals surface area (Å²) in [6.07, 6.45) is 1.52. The van der Waals surface area contributed by atoms with Crippen molar-refractivity contribution in [2.45, 2.75) is 20.1 Å². The van der Waals surface area contributed by atoms with Gasteiger partial charge in [-0.3, -0.25) is 0 Å². The number of rotatable bonds is 5. The lowest BCUT2D eigenvalue weighted by molar-refractivity contribution is 0.287. The molecule has 0 saturated heterocycles. The lowest BCUT2D eigenvalue weighted by atomic mass is 10.2. The Hall–Kier alpha value is -1.95. The van der Waals surface area contributed by atoms with Gasteiger partial charge in [0.2, 0.25) is 0 Å². The van der Waals surface area contributed by atoms with E-state index in [9.17, 15) is 0 Å². The van der Waals surface area contributed by atoms with Gasteiger partial charge in [0.1, 0.15) is 23.7 Å². The first kappa shape index (κ1) is 12.5. The van der Waals surface area contributed by atoms with Gasteiger partial charge in [-0.15, -0.1) is 0 Å². The quantitative estimate of drug-likeness (QED) is 0.827. The van der Waals surface area contributed by atoms with E-state index < -0.39 is 0 Å². The third kappa shape index (κ3) is 2.65. The first-order valence-electron chi connectivity index (χ1n) is 5.60. The van der Waals surface area contributed by atoms with Crippen molar-refractivity contribution < 1.29 is 4.74 Å². The largest absolute Gasteiger partial charge is 0.485 e. The van der Waals surface area contributed by atoms with Gasteiger partial charge in [-0.25, -0.2) is 9.67 Å². The fraction of sp³-hybridized carbons (Fsp3) is 0.250. The molecule has 0 aliphatic heterocycles. The minimum atomic E-state index is 0.322. The second-order valence-corrected chi connectivity index (χ2v) is 4.08. The number of aromatic nitrogens is 3. The molecule has 18 heavy (non-hydrogen) atoms. The summed E-state index contributed by atoms with van der Waals surface area (Å²) in [6, 6.07) is 7.42. The van der Waals surface area contributed by atoms with Crippen LogP contribution >= 0.6 is 12.2 Å². The molecule has 0 unspecified atom stereocenters. The highest BCUT2D eigenvalue weighted by molar-refractivity contribution is 7.80. The van der Waals surface area contributed by atoms with E-state index in [0.717, 1.165) is 17.9 Å². The van der Waals surface area contributed by atoms with Crippen LogP contribution in [-0.2, 0) is 13.2 Å². The number of para-hydroxylation sites is 1. The molecule has 2 rings (SSSR count). The van der Waals surface area contributed by atoms with Crippen molar-refractivity contribution in [2.24, 2.45) is 5.73 Å². The van der Waals surface area contributed by atoms with E-state index in [1.54, 1.807) is 4.68 Å². The summed E-state index contributed by atoms with van der Waals surface area (Å²) in [5, 5.41) is 4.08. The molecule has 2 aromatic rings. The summed E-state index contributed by atoms with van der Waals surface area (Å²) in [5.74, 6) is 1.44. The molecule has 0 atom stereocenters. The van der Waals surface area contributed by atoms with Crippen LogP contribution < -0.4 is 10.5 Å². The van der Waals surface area contributed by atoms with E-state index in [1.165, 1.54) is 6.33 Å². The highest BCUT2D eigenvalue weighted by Crippen LogP contribution is 2.18. The van der Waals surface area contributed by atoms with Crippen LogP contribution in [-0.4, -0.2) is 19.8 Å². The first-order valence-corrected chi connectivity index (χ1v) is 6.01. The summed E-state index contributed by atoms with van der Waals surface area (Å²) < 4.78 is 7.48. The van der Waals surface area contributed by atoms with Crippen molar-refractivity contribution in [1.29, 1.82) is 0 Å². The minimum absolute atomic E-state index is 0.322. The fourth-order valence-corrected chi connectivity index (χ4v) is 1.77. The summed E-state index contributed by atoms with van der Waals surface area (Å²) in [6.45, 7) is 3.10. The molecule has 1 aromatic carbocycles. The van der Waals surface area contributed by atoms with E-state index in [1.807, 2.05) is 31.2 Å². The van der Waals surface area contributed by atoms with Gasteiger partial charge in [-0.05, 0) is 19.1 Å². The lowest BCUT2D eigenvalue weighted by Gasteiger charge is -2.10. The van der Waals surface area contributed by atoms with Crippen molar-refractivity contribution in [1.82, 2.24) is 14.8 Å². The molecule has 94 valence electrons. The van der Waals surface area contributed by atoms with E-state index in [-0.39, 0.29) is 0 Å². The Morgan fingerprint density at radius 1 is 1.44 bits per heavy atom. The van der Waals surface area contributed by atoms with Crippen LogP contribution in [0.2, 0.25) is 0 Å². The maximum Gasteiger partial charge on any atom is 0.164 e. The molecule has 2 N–H and O–H groups in total. The molecule has 0 spiro atoms. The maximum absolute atomic E-state index is 5.69. The predicted molar refractivity (Wildman–Crippen MR) is 72.4 cm³/mol. The molecule has 0 fully saturated rings. The second kappa shape index (κ2) is 5.59. The Kier molecular flexibility index (Phi) is 3.88. The summed E-state index contributed by atoms with van der Waals surface area (Å²) in [5.41, 5.74) is 6.37. The van der Waals surface area contributed by atoms with Gasteiger partial charge < -0.3 is 10.5 Å². The van der Waals surface area contributed by atoms with Gasteiger partial charge in [-0.2, -0.15) is 5.10 Å². The van der Waals surface area contributed by atoms with Gasteiger partial charge in [0.25, 0.3) is 0 Å². The van der Waals surface area contributed by atoms with Crippen LogP contribution in [0.15, 0.2) is 30.6 Å². The van der Waals surface area contributed by atoms with Crippen LogP contribution in [0.5, 0.6) is 5.75 Å². The lowest BCUT2D eigenvalue weighted by Crippen LogP contribution is -2.13. The number of hydrogen-bond acceptors (Lipinski definition) is 4. The molecular formula is C12H14N4OS. The van der Waals surface area contributed by atoms with Gasteiger partial charge in [-0.1, -0.05) is 24.4 Å². The van der Waals surface area contributed by atoms with Gasteiger partial charge in [0.05, 0.1) is 5.56 Å². The topological polar surface area (TPSA) is 66.0 Å². The summed E-state index contributed by atoms with van der Waals surface area (Å²) >= 11 is 4.98. The Bertz CT molecular complexity index is 553. The monoisotopic (exact) mass is 262 g/mol. The molecular weight excluding hydrogens is 248 g/mol. The average molecular weight is 262 g/mol. The number of hydrogen-bond donors (Lipinski definition) is 1. The standard InChI is InChI=1S/C12H14N4OS/c1-2-16-11(14-8-15-16)7-17-10-6-4-3-5-9(10)12(13)18/h3-6,8H,2,7H2,1H3,(H2,13,18). The number of benzene rings is 1. The normalized spacial score (nSPS) is 10.3. The smallest absolute Gasteiger partial charge is 0.164 e. The van der Waals surface area contributed by atoms with Crippen molar-refractivity contribution in [2.75, 3.05) is 0 Å². The van der Waals surface area contributed by atoms with Crippen molar-refractivity contribution in [3.63, 3.8) is 0 Å². The number of ether oxygens (including phenoxy) is 1. The maximum atomic E-state index is 5.69.